The molecular weight excluding hydrogens is 447 g/mol. The molecule has 0 heterocycles. The first-order valence-electron chi connectivity index (χ1n) is 5.54. The number of benzene rings is 2. The van der Waals surface area contributed by atoms with Crippen molar-refractivity contribution in [2.24, 2.45) is 0 Å². The van der Waals surface area contributed by atoms with Gasteiger partial charge in [0.15, 0.2) is 12.0 Å². The van der Waals surface area contributed by atoms with Gasteiger partial charge in [-0.3, -0.25) is 4.79 Å². The number of carbonyl (C=O) groups is 2. The zero-order chi connectivity index (χ0) is 15.6. The number of hydrogen-bond acceptors (Lipinski definition) is 3. The SMILES string of the molecule is O=Cc1cc(Br)cc(Br)c1OC(=O)c1ccc(Cl)cc1Cl. The molecule has 0 atom stereocenters. The molecule has 0 spiro atoms. The van der Waals surface area contributed by atoms with Crippen LogP contribution in [0.3, 0.4) is 0 Å². The van der Waals surface area contributed by atoms with E-state index in [9.17, 15) is 9.59 Å². The Morgan fingerprint density at radius 1 is 1.14 bits per heavy atom. The van der Waals surface area contributed by atoms with Crippen molar-refractivity contribution in [3.63, 3.8) is 0 Å². The Morgan fingerprint density at radius 2 is 1.86 bits per heavy atom. The van der Waals surface area contributed by atoms with Gasteiger partial charge in [-0.15, -0.1) is 0 Å². The average Bonchev–Trinajstić information content (AvgIpc) is 2.41. The lowest BCUT2D eigenvalue weighted by molar-refractivity contribution is 0.0732. The first kappa shape index (κ1) is 16.5. The van der Waals surface area contributed by atoms with Gasteiger partial charge in [-0.25, -0.2) is 4.79 Å². The fourth-order valence-electron chi connectivity index (χ4n) is 1.58. The third-order valence-electron chi connectivity index (χ3n) is 2.51. The first-order chi connectivity index (χ1) is 9.92. The van der Waals surface area contributed by atoms with Crippen LogP contribution in [0, 0.1) is 0 Å². The van der Waals surface area contributed by atoms with Crippen LogP contribution in [0.2, 0.25) is 10.0 Å². The number of halogens is 4. The van der Waals surface area contributed by atoms with Crippen molar-refractivity contribution in [1.29, 1.82) is 0 Å². The van der Waals surface area contributed by atoms with E-state index in [1.165, 1.54) is 18.2 Å². The second kappa shape index (κ2) is 6.92. The lowest BCUT2D eigenvalue weighted by Crippen LogP contribution is -2.11. The number of aldehydes is 1. The number of hydrogen-bond donors (Lipinski definition) is 0. The summed E-state index contributed by atoms with van der Waals surface area (Å²) < 4.78 is 6.41. The average molecular weight is 453 g/mol. The van der Waals surface area contributed by atoms with Crippen LogP contribution >= 0.6 is 55.1 Å². The van der Waals surface area contributed by atoms with E-state index in [-0.39, 0.29) is 21.9 Å². The van der Waals surface area contributed by atoms with Gasteiger partial charge in [-0.05, 0) is 46.3 Å². The number of ether oxygens (including phenoxy) is 1. The van der Waals surface area contributed by atoms with Crippen LogP contribution in [-0.4, -0.2) is 12.3 Å². The number of rotatable bonds is 3. The predicted octanol–water partition coefficient (Wildman–Crippen LogP) is 5.55. The lowest BCUT2D eigenvalue weighted by atomic mass is 10.2. The fourth-order valence-corrected chi connectivity index (χ4v) is 3.40. The van der Waals surface area contributed by atoms with Crippen molar-refractivity contribution in [3.8, 4) is 5.75 Å². The minimum Gasteiger partial charge on any atom is -0.421 e. The van der Waals surface area contributed by atoms with Gasteiger partial charge in [0.25, 0.3) is 0 Å². The zero-order valence-corrected chi connectivity index (χ0v) is 14.9. The Morgan fingerprint density at radius 3 is 2.48 bits per heavy atom. The normalized spacial score (nSPS) is 10.3. The van der Waals surface area contributed by atoms with Crippen molar-refractivity contribution < 1.29 is 14.3 Å². The zero-order valence-electron chi connectivity index (χ0n) is 10.2. The molecule has 21 heavy (non-hydrogen) atoms. The lowest BCUT2D eigenvalue weighted by Gasteiger charge is -2.10. The maximum absolute atomic E-state index is 12.2. The minimum absolute atomic E-state index is 0.129. The standard InChI is InChI=1S/C14H6Br2Cl2O3/c15-8-3-7(6-19)13(11(16)4-8)21-14(20)10-2-1-9(17)5-12(10)18/h1-6H. The third-order valence-corrected chi connectivity index (χ3v) is 4.10. The molecule has 0 saturated heterocycles. The highest BCUT2D eigenvalue weighted by molar-refractivity contribution is 9.11. The van der Waals surface area contributed by atoms with Crippen LogP contribution in [0.1, 0.15) is 20.7 Å². The van der Waals surface area contributed by atoms with Gasteiger partial charge >= 0.3 is 5.97 Å². The molecular formula is C14H6Br2Cl2O3. The molecule has 7 heteroatoms. The van der Waals surface area contributed by atoms with E-state index in [0.29, 0.717) is 20.3 Å². The van der Waals surface area contributed by atoms with Crippen LogP contribution in [0.25, 0.3) is 0 Å². The molecule has 0 aromatic heterocycles. The van der Waals surface area contributed by atoms with Gasteiger partial charge in [0.2, 0.25) is 0 Å². The molecule has 2 aromatic carbocycles. The highest BCUT2D eigenvalue weighted by Gasteiger charge is 2.18. The quantitative estimate of drug-likeness (QED) is 0.348. The molecule has 0 amide bonds. The monoisotopic (exact) mass is 450 g/mol. The van der Waals surface area contributed by atoms with Crippen molar-refractivity contribution >= 4 is 67.3 Å². The van der Waals surface area contributed by atoms with Crippen LogP contribution in [0.4, 0.5) is 0 Å². The summed E-state index contributed by atoms with van der Waals surface area (Å²) in [6, 6.07) is 7.64. The molecule has 0 radical (unpaired) electrons. The summed E-state index contributed by atoms with van der Waals surface area (Å²) in [5.41, 5.74) is 0.391. The van der Waals surface area contributed by atoms with Crippen molar-refractivity contribution in [1.82, 2.24) is 0 Å². The summed E-state index contributed by atoms with van der Waals surface area (Å²) >= 11 is 18.2. The molecule has 3 nitrogen and oxygen atoms in total. The number of carbonyl (C=O) groups excluding carboxylic acids is 2. The van der Waals surface area contributed by atoms with E-state index >= 15 is 0 Å². The van der Waals surface area contributed by atoms with Gasteiger partial charge in [-0.1, -0.05) is 39.1 Å². The van der Waals surface area contributed by atoms with E-state index in [1.807, 2.05) is 0 Å². The second-order valence-corrected chi connectivity index (χ2v) is 6.55. The molecule has 0 aliphatic carbocycles. The Bertz CT molecular complexity index is 732. The van der Waals surface area contributed by atoms with Crippen molar-refractivity contribution in [2.75, 3.05) is 0 Å². The third kappa shape index (κ3) is 3.86. The Balaban J connectivity index is 2.38. The van der Waals surface area contributed by atoms with Gasteiger partial charge in [0.1, 0.15) is 0 Å². The molecule has 2 aromatic rings. The fraction of sp³-hybridized carbons (Fsp3) is 0. The number of esters is 1. The molecule has 0 unspecified atom stereocenters. The van der Waals surface area contributed by atoms with E-state index in [2.05, 4.69) is 31.9 Å². The molecule has 0 aliphatic rings. The molecule has 0 aliphatic heterocycles. The molecule has 108 valence electrons. The van der Waals surface area contributed by atoms with Crippen LogP contribution in [0.15, 0.2) is 39.3 Å². The summed E-state index contributed by atoms with van der Waals surface area (Å²) in [6.07, 6.45) is 0.599. The largest absolute Gasteiger partial charge is 0.421 e. The molecule has 0 bridgehead atoms. The first-order valence-corrected chi connectivity index (χ1v) is 7.88. The van der Waals surface area contributed by atoms with Crippen LogP contribution in [0.5, 0.6) is 5.75 Å². The predicted molar refractivity (Wildman–Crippen MR) is 88.6 cm³/mol. The Labute approximate surface area is 147 Å². The van der Waals surface area contributed by atoms with E-state index < -0.39 is 5.97 Å². The van der Waals surface area contributed by atoms with E-state index in [0.717, 1.165) is 0 Å². The summed E-state index contributed by atoms with van der Waals surface area (Å²) in [5, 5.41) is 0.586. The summed E-state index contributed by atoms with van der Waals surface area (Å²) in [7, 11) is 0. The molecule has 0 saturated carbocycles. The van der Waals surface area contributed by atoms with Crippen molar-refractivity contribution in [3.05, 3.63) is 60.4 Å². The Hall–Kier alpha value is -0.880. The van der Waals surface area contributed by atoms with Gasteiger partial charge < -0.3 is 4.74 Å². The topological polar surface area (TPSA) is 43.4 Å². The van der Waals surface area contributed by atoms with E-state index in [1.54, 1.807) is 12.1 Å². The molecule has 2 rings (SSSR count). The Kier molecular flexibility index (Phi) is 5.43. The summed E-state index contributed by atoms with van der Waals surface area (Å²) in [5.74, 6) is -0.549. The van der Waals surface area contributed by atoms with Crippen LogP contribution in [-0.2, 0) is 0 Å². The van der Waals surface area contributed by atoms with Crippen LogP contribution < -0.4 is 4.74 Å². The van der Waals surface area contributed by atoms with Gasteiger partial charge in [0.05, 0.1) is 20.6 Å². The smallest absolute Gasteiger partial charge is 0.345 e. The maximum atomic E-state index is 12.2. The van der Waals surface area contributed by atoms with Crippen molar-refractivity contribution in [2.45, 2.75) is 0 Å². The molecule has 0 fully saturated rings. The van der Waals surface area contributed by atoms with Gasteiger partial charge in [0, 0.05) is 9.50 Å². The van der Waals surface area contributed by atoms with E-state index in [4.69, 9.17) is 27.9 Å². The summed E-state index contributed by atoms with van der Waals surface area (Å²) in [4.78, 5) is 23.2. The maximum Gasteiger partial charge on any atom is 0.345 e. The highest BCUT2D eigenvalue weighted by Crippen LogP contribution is 2.33. The molecule has 0 N–H and O–H groups in total. The highest BCUT2D eigenvalue weighted by atomic mass is 79.9. The second-order valence-electron chi connectivity index (χ2n) is 3.94. The minimum atomic E-state index is -0.678. The van der Waals surface area contributed by atoms with Gasteiger partial charge in [-0.2, -0.15) is 0 Å². The summed E-state index contributed by atoms with van der Waals surface area (Å²) in [6.45, 7) is 0.